The summed E-state index contributed by atoms with van der Waals surface area (Å²) >= 11 is 0. The molecular weight excluding hydrogens is 156 g/mol. The molecule has 0 radical (unpaired) electrons. The van der Waals surface area contributed by atoms with Crippen molar-refractivity contribution in [2.24, 2.45) is 5.73 Å². The molecule has 2 rings (SSSR count). The van der Waals surface area contributed by atoms with Gasteiger partial charge in [-0.15, -0.1) is 0 Å². The van der Waals surface area contributed by atoms with Crippen LogP contribution in [-0.4, -0.2) is 22.3 Å². The van der Waals surface area contributed by atoms with E-state index < -0.39 is 0 Å². The van der Waals surface area contributed by atoms with Crippen LogP contribution in [0.5, 0.6) is 0 Å². The van der Waals surface area contributed by atoms with Crippen LogP contribution >= 0.6 is 0 Å². The minimum absolute atomic E-state index is 0.0515. The van der Waals surface area contributed by atoms with E-state index in [2.05, 4.69) is 5.10 Å². The first-order chi connectivity index (χ1) is 5.77. The summed E-state index contributed by atoms with van der Waals surface area (Å²) in [6, 6.07) is 0. The smallest absolute Gasteiger partial charge is 0.213 e. The third kappa shape index (κ3) is 1.08. The van der Waals surface area contributed by atoms with Crippen molar-refractivity contribution in [2.75, 3.05) is 6.61 Å². The van der Waals surface area contributed by atoms with Crippen molar-refractivity contribution in [1.82, 2.24) is 9.78 Å². The van der Waals surface area contributed by atoms with Crippen molar-refractivity contribution in [2.45, 2.75) is 13.0 Å². The van der Waals surface area contributed by atoms with Crippen molar-refractivity contribution in [1.29, 1.82) is 5.41 Å². The van der Waals surface area contributed by atoms with Crippen molar-refractivity contribution >= 4 is 5.96 Å². The van der Waals surface area contributed by atoms with E-state index in [1.54, 1.807) is 6.20 Å². The Balaban J connectivity index is 2.38. The second-order valence-electron chi connectivity index (χ2n) is 2.73. The Labute approximate surface area is 69.6 Å². The maximum atomic E-state index is 7.15. The van der Waals surface area contributed by atoms with Gasteiger partial charge in [0.15, 0.2) is 0 Å². The maximum Gasteiger partial charge on any atom is 0.213 e. The van der Waals surface area contributed by atoms with Crippen LogP contribution in [0.15, 0.2) is 6.20 Å². The number of nitrogen functional groups attached to an aromatic ring is 1. The monoisotopic (exact) mass is 166 g/mol. The van der Waals surface area contributed by atoms with Gasteiger partial charge in [0.2, 0.25) is 5.96 Å². The molecule has 5 nitrogen and oxygen atoms in total. The molecule has 0 saturated carbocycles. The van der Waals surface area contributed by atoms with Crippen molar-refractivity contribution < 1.29 is 4.74 Å². The molecule has 3 N–H and O–H groups in total. The minimum Gasteiger partial charge on any atom is -0.376 e. The summed E-state index contributed by atoms with van der Waals surface area (Å²) in [6.45, 7) is 1.30. The molecule has 0 aliphatic carbocycles. The topological polar surface area (TPSA) is 76.9 Å². The second kappa shape index (κ2) is 2.60. The molecule has 2 heterocycles. The van der Waals surface area contributed by atoms with Gasteiger partial charge in [-0.05, 0) is 0 Å². The van der Waals surface area contributed by atoms with Gasteiger partial charge in [0.05, 0.1) is 18.9 Å². The van der Waals surface area contributed by atoms with Gasteiger partial charge >= 0.3 is 0 Å². The lowest BCUT2D eigenvalue weighted by Crippen LogP contribution is -2.21. The van der Waals surface area contributed by atoms with Crippen molar-refractivity contribution in [3.63, 3.8) is 0 Å². The van der Waals surface area contributed by atoms with E-state index in [-0.39, 0.29) is 5.96 Å². The molecule has 5 heteroatoms. The van der Waals surface area contributed by atoms with Gasteiger partial charge in [0.25, 0.3) is 0 Å². The predicted octanol–water partition coefficient (Wildman–Crippen LogP) is -0.303. The third-order valence-electron chi connectivity index (χ3n) is 1.86. The van der Waals surface area contributed by atoms with Crippen LogP contribution in [-0.2, 0) is 17.8 Å². The standard InChI is InChI=1S/C7H10N4O/c8-7(9)11-3-5-4-12-2-1-6(5)10-11/h3H,1-2,4H2,(H3,8,9). The maximum absolute atomic E-state index is 7.15. The zero-order valence-corrected chi connectivity index (χ0v) is 6.58. The Morgan fingerprint density at radius 1 is 1.75 bits per heavy atom. The van der Waals surface area contributed by atoms with Gasteiger partial charge in [-0.3, -0.25) is 5.41 Å². The van der Waals surface area contributed by atoms with E-state index >= 15 is 0 Å². The van der Waals surface area contributed by atoms with Crippen molar-refractivity contribution in [3.05, 3.63) is 17.5 Å². The van der Waals surface area contributed by atoms with E-state index in [9.17, 15) is 0 Å². The van der Waals surface area contributed by atoms with E-state index in [1.165, 1.54) is 4.68 Å². The summed E-state index contributed by atoms with van der Waals surface area (Å²) in [6.07, 6.45) is 2.56. The molecule has 0 saturated heterocycles. The van der Waals surface area contributed by atoms with Crippen molar-refractivity contribution in [3.8, 4) is 0 Å². The van der Waals surface area contributed by atoms with Gasteiger partial charge in [-0.25, -0.2) is 4.68 Å². The Morgan fingerprint density at radius 2 is 2.58 bits per heavy atom. The molecule has 1 aromatic heterocycles. The number of nitrogens with two attached hydrogens (primary N) is 1. The lowest BCUT2D eigenvalue weighted by atomic mass is 10.2. The summed E-state index contributed by atoms with van der Waals surface area (Å²) in [5, 5.41) is 11.3. The number of hydrogen-bond acceptors (Lipinski definition) is 3. The third-order valence-corrected chi connectivity index (χ3v) is 1.86. The fourth-order valence-electron chi connectivity index (χ4n) is 1.25. The average Bonchev–Trinajstić information content (AvgIpc) is 2.46. The summed E-state index contributed by atoms with van der Waals surface area (Å²) in [4.78, 5) is 0. The lowest BCUT2D eigenvalue weighted by molar-refractivity contribution is 0.110. The molecule has 0 bridgehead atoms. The Hall–Kier alpha value is -1.36. The SMILES string of the molecule is N=C(N)n1cc2c(n1)CCOC2. The molecule has 0 spiro atoms. The highest BCUT2D eigenvalue weighted by molar-refractivity contribution is 5.76. The quantitative estimate of drug-likeness (QED) is 0.410. The Bertz CT molecular complexity index is 294. The Morgan fingerprint density at radius 3 is 3.25 bits per heavy atom. The molecule has 12 heavy (non-hydrogen) atoms. The second-order valence-corrected chi connectivity index (χ2v) is 2.73. The summed E-state index contributed by atoms with van der Waals surface area (Å²) in [5.74, 6) is -0.0515. The number of nitrogens with zero attached hydrogens (tertiary/aromatic N) is 2. The summed E-state index contributed by atoms with van der Waals surface area (Å²) in [7, 11) is 0. The number of nitrogens with one attached hydrogen (secondary N) is 1. The predicted molar refractivity (Wildman–Crippen MR) is 42.9 cm³/mol. The fraction of sp³-hybridized carbons (Fsp3) is 0.429. The minimum atomic E-state index is -0.0515. The molecule has 0 amide bonds. The highest BCUT2D eigenvalue weighted by Crippen LogP contribution is 2.13. The van der Waals surface area contributed by atoms with Crippen LogP contribution < -0.4 is 5.73 Å². The molecule has 0 atom stereocenters. The van der Waals surface area contributed by atoms with Crippen LogP contribution in [0.1, 0.15) is 11.3 Å². The Kier molecular flexibility index (Phi) is 1.58. The normalized spacial score (nSPS) is 15.7. The van der Waals surface area contributed by atoms with E-state index in [4.69, 9.17) is 15.9 Å². The fourth-order valence-corrected chi connectivity index (χ4v) is 1.25. The molecule has 64 valence electrons. The summed E-state index contributed by atoms with van der Waals surface area (Å²) < 4.78 is 6.60. The van der Waals surface area contributed by atoms with Crippen LogP contribution in [0.25, 0.3) is 0 Å². The van der Waals surface area contributed by atoms with E-state index in [0.717, 1.165) is 17.7 Å². The van der Waals surface area contributed by atoms with Gasteiger partial charge in [0, 0.05) is 18.2 Å². The van der Waals surface area contributed by atoms with Gasteiger partial charge in [-0.2, -0.15) is 5.10 Å². The van der Waals surface area contributed by atoms with Gasteiger partial charge < -0.3 is 10.5 Å². The van der Waals surface area contributed by atoms with Gasteiger partial charge in [0.1, 0.15) is 0 Å². The zero-order chi connectivity index (χ0) is 8.55. The first-order valence-electron chi connectivity index (χ1n) is 3.77. The number of fused-ring (bicyclic) bond motifs is 1. The molecule has 1 aromatic rings. The highest BCUT2D eigenvalue weighted by atomic mass is 16.5. The molecular formula is C7H10N4O. The molecule has 0 aromatic carbocycles. The molecule has 0 unspecified atom stereocenters. The first kappa shape index (κ1) is 7.30. The van der Waals surface area contributed by atoms with Gasteiger partial charge in [-0.1, -0.05) is 0 Å². The number of aromatic nitrogens is 2. The number of rotatable bonds is 0. The first-order valence-corrected chi connectivity index (χ1v) is 3.77. The number of hydrogen-bond donors (Lipinski definition) is 2. The lowest BCUT2D eigenvalue weighted by Gasteiger charge is -2.08. The van der Waals surface area contributed by atoms with Crippen LogP contribution in [0, 0.1) is 5.41 Å². The average molecular weight is 166 g/mol. The molecule has 1 aliphatic heterocycles. The van der Waals surface area contributed by atoms with E-state index in [0.29, 0.717) is 13.2 Å². The van der Waals surface area contributed by atoms with Crippen LogP contribution in [0.3, 0.4) is 0 Å². The summed E-state index contributed by atoms with van der Waals surface area (Å²) in [5.41, 5.74) is 7.30. The van der Waals surface area contributed by atoms with Crippen LogP contribution in [0.4, 0.5) is 0 Å². The zero-order valence-electron chi connectivity index (χ0n) is 6.58. The number of ether oxygens (including phenoxy) is 1. The van der Waals surface area contributed by atoms with E-state index in [1.807, 2.05) is 0 Å². The largest absolute Gasteiger partial charge is 0.376 e. The molecule has 1 aliphatic rings. The van der Waals surface area contributed by atoms with Crippen LogP contribution in [0.2, 0.25) is 0 Å². The highest BCUT2D eigenvalue weighted by Gasteiger charge is 2.14. The molecule has 0 fully saturated rings.